The summed E-state index contributed by atoms with van der Waals surface area (Å²) in [5.74, 6) is -0.251. The first-order valence-corrected chi connectivity index (χ1v) is 5.10. The molecule has 0 radical (unpaired) electrons. The van der Waals surface area contributed by atoms with Gasteiger partial charge in [-0.1, -0.05) is 31.5 Å². The number of aliphatic carboxylic acids is 1. The molecule has 1 rings (SSSR count). The van der Waals surface area contributed by atoms with Crippen LogP contribution >= 0.6 is 0 Å². The Morgan fingerprint density at radius 2 is 2.13 bits per heavy atom. The van der Waals surface area contributed by atoms with E-state index in [1.165, 1.54) is 0 Å². The van der Waals surface area contributed by atoms with Gasteiger partial charge in [-0.25, -0.2) is 4.79 Å². The molecule has 0 aliphatic carbocycles. The first-order chi connectivity index (χ1) is 7.15. The smallest absolute Gasteiger partial charge is 0.344 e. The maximum atomic E-state index is 10.9. The summed E-state index contributed by atoms with van der Waals surface area (Å²) in [6, 6.07) is 7.44. The van der Waals surface area contributed by atoms with Gasteiger partial charge < -0.3 is 9.84 Å². The van der Waals surface area contributed by atoms with Gasteiger partial charge >= 0.3 is 5.97 Å². The third kappa shape index (κ3) is 3.27. The lowest BCUT2D eigenvalue weighted by molar-refractivity contribution is -0.145. The summed E-state index contributed by atoms with van der Waals surface area (Å²) in [5, 5.41) is 8.93. The van der Waals surface area contributed by atoms with Gasteiger partial charge in [0.15, 0.2) is 6.10 Å². The summed E-state index contributed by atoms with van der Waals surface area (Å²) in [6.07, 6.45) is 0.586. The number of ether oxygens (including phenoxy) is 1. The number of hydrogen-bond acceptors (Lipinski definition) is 2. The lowest BCUT2D eigenvalue weighted by atomic mass is 10.2. The number of benzene rings is 1. The Kier molecular flexibility index (Phi) is 4.16. The first-order valence-electron chi connectivity index (χ1n) is 5.10. The van der Waals surface area contributed by atoms with E-state index in [9.17, 15) is 4.79 Å². The van der Waals surface area contributed by atoms with Crippen molar-refractivity contribution in [3.05, 3.63) is 29.8 Å². The fraction of sp³-hybridized carbons (Fsp3) is 0.417. The third-order valence-corrected chi connectivity index (χ3v) is 2.19. The molecule has 0 heterocycles. The fourth-order valence-corrected chi connectivity index (χ4v) is 1.34. The SMILES string of the molecule is CCC[C@@H](Oc1ccccc1C)C(=O)O. The van der Waals surface area contributed by atoms with Crippen LogP contribution in [0.5, 0.6) is 5.75 Å². The second-order valence-electron chi connectivity index (χ2n) is 3.50. The van der Waals surface area contributed by atoms with Gasteiger partial charge in [0.2, 0.25) is 0 Å². The van der Waals surface area contributed by atoms with Gasteiger partial charge in [0.25, 0.3) is 0 Å². The van der Waals surface area contributed by atoms with E-state index in [0.717, 1.165) is 12.0 Å². The predicted molar refractivity (Wildman–Crippen MR) is 58.1 cm³/mol. The zero-order chi connectivity index (χ0) is 11.3. The summed E-state index contributed by atoms with van der Waals surface area (Å²) < 4.78 is 5.45. The standard InChI is InChI=1S/C12H16O3/c1-3-6-11(12(13)14)15-10-8-5-4-7-9(10)2/h4-5,7-8,11H,3,6H2,1-2H3,(H,13,14)/t11-/m1/s1. The zero-order valence-corrected chi connectivity index (χ0v) is 9.06. The molecule has 15 heavy (non-hydrogen) atoms. The molecule has 3 nitrogen and oxygen atoms in total. The molecule has 0 aliphatic heterocycles. The van der Waals surface area contributed by atoms with Crippen LogP contribution in [0.3, 0.4) is 0 Å². The molecule has 0 aromatic heterocycles. The van der Waals surface area contributed by atoms with Gasteiger partial charge in [0.1, 0.15) is 5.75 Å². The Labute approximate surface area is 89.7 Å². The molecule has 3 heteroatoms. The monoisotopic (exact) mass is 208 g/mol. The lowest BCUT2D eigenvalue weighted by Gasteiger charge is -2.15. The molecule has 0 fully saturated rings. The molecule has 0 unspecified atom stereocenters. The maximum Gasteiger partial charge on any atom is 0.344 e. The van der Waals surface area contributed by atoms with Crippen molar-refractivity contribution in [1.82, 2.24) is 0 Å². The van der Waals surface area contributed by atoms with Crippen LogP contribution in [0.1, 0.15) is 25.3 Å². The Morgan fingerprint density at radius 3 is 2.67 bits per heavy atom. The summed E-state index contributed by atoms with van der Waals surface area (Å²) >= 11 is 0. The minimum atomic E-state index is -0.903. The van der Waals surface area contributed by atoms with Crippen LogP contribution in [0.2, 0.25) is 0 Å². The molecule has 82 valence electrons. The van der Waals surface area contributed by atoms with Crippen molar-refractivity contribution in [3.8, 4) is 5.75 Å². The third-order valence-electron chi connectivity index (χ3n) is 2.19. The Bertz CT molecular complexity index is 333. The van der Waals surface area contributed by atoms with Crippen LogP contribution in [0.15, 0.2) is 24.3 Å². The summed E-state index contributed by atoms with van der Waals surface area (Å²) in [4.78, 5) is 10.9. The molecular weight excluding hydrogens is 192 g/mol. The molecule has 1 aromatic rings. The fourth-order valence-electron chi connectivity index (χ4n) is 1.34. The van der Waals surface area contributed by atoms with E-state index in [4.69, 9.17) is 9.84 Å². The highest BCUT2D eigenvalue weighted by Gasteiger charge is 2.18. The molecule has 0 saturated carbocycles. The van der Waals surface area contributed by atoms with Crippen molar-refractivity contribution in [2.75, 3.05) is 0 Å². The predicted octanol–water partition coefficient (Wildman–Crippen LogP) is 2.63. The van der Waals surface area contributed by atoms with Crippen LogP contribution < -0.4 is 4.74 Å². The van der Waals surface area contributed by atoms with Gasteiger partial charge in [-0.15, -0.1) is 0 Å². The summed E-state index contributed by atoms with van der Waals surface area (Å²) in [5.41, 5.74) is 0.958. The average Bonchev–Trinajstić information content (AvgIpc) is 2.20. The normalized spacial score (nSPS) is 12.1. The minimum absolute atomic E-state index is 0.531. The Balaban J connectivity index is 2.74. The molecule has 0 bridgehead atoms. The van der Waals surface area contributed by atoms with Crippen molar-refractivity contribution in [1.29, 1.82) is 0 Å². The van der Waals surface area contributed by atoms with Gasteiger partial charge in [-0.2, -0.15) is 0 Å². The molecule has 1 atom stereocenters. The van der Waals surface area contributed by atoms with E-state index < -0.39 is 12.1 Å². The van der Waals surface area contributed by atoms with E-state index in [1.807, 2.05) is 32.0 Å². The number of carboxylic acids is 1. The van der Waals surface area contributed by atoms with Crippen LogP contribution in [0, 0.1) is 6.92 Å². The van der Waals surface area contributed by atoms with Gasteiger partial charge in [-0.05, 0) is 25.0 Å². The highest BCUT2D eigenvalue weighted by Crippen LogP contribution is 2.19. The molecule has 0 amide bonds. The molecule has 1 N–H and O–H groups in total. The zero-order valence-electron chi connectivity index (χ0n) is 9.06. The van der Waals surface area contributed by atoms with Crippen molar-refractivity contribution < 1.29 is 14.6 Å². The number of aryl methyl sites for hydroxylation is 1. The molecule has 0 spiro atoms. The van der Waals surface area contributed by atoms with Crippen LogP contribution in [0.25, 0.3) is 0 Å². The maximum absolute atomic E-state index is 10.9. The lowest BCUT2D eigenvalue weighted by Crippen LogP contribution is -2.26. The van der Waals surface area contributed by atoms with Crippen molar-refractivity contribution >= 4 is 5.97 Å². The summed E-state index contributed by atoms with van der Waals surface area (Å²) in [7, 11) is 0. The van der Waals surface area contributed by atoms with Gasteiger partial charge in [0, 0.05) is 0 Å². The van der Waals surface area contributed by atoms with E-state index in [1.54, 1.807) is 6.07 Å². The van der Waals surface area contributed by atoms with Gasteiger partial charge in [0.05, 0.1) is 0 Å². The number of carbonyl (C=O) groups is 1. The second kappa shape index (κ2) is 5.39. The number of para-hydroxylation sites is 1. The molecule has 0 aliphatic rings. The van der Waals surface area contributed by atoms with Crippen LogP contribution in [0.4, 0.5) is 0 Å². The number of rotatable bonds is 5. The second-order valence-corrected chi connectivity index (χ2v) is 3.50. The quantitative estimate of drug-likeness (QED) is 0.809. The average molecular weight is 208 g/mol. The van der Waals surface area contributed by atoms with Crippen molar-refractivity contribution in [3.63, 3.8) is 0 Å². The van der Waals surface area contributed by atoms with E-state index in [-0.39, 0.29) is 0 Å². The Morgan fingerprint density at radius 1 is 1.47 bits per heavy atom. The van der Waals surface area contributed by atoms with Gasteiger partial charge in [-0.3, -0.25) is 0 Å². The Hall–Kier alpha value is -1.51. The van der Waals surface area contributed by atoms with Crippen LogP contribution in [-0.4, -0.2) is 17.2 Å². The molecule has 1 aromatic carbocycles. The van der Waals surface area contributed by atoms with Crippen LogP contribution in [-0.2, 0) is 4.79 Å². The highest BCUT2D eigenvalue weighted by atomic mass is 16.5. The van der Waals surface area contributed by atoms with Crippen molar-refractivity contribution in [2.24, 2.45) is 0 Å². The van der Waals surface area contributed by atoms with E-state index >= 15 is 0 Å². The molecular formula is C12H16O3. The topological polar surface area (TPSA) is 46.5 Å². The first kappa shape index (κ1) is 11.6. The number of carboxylic acid groups (broad SMARTS) is 1. The number of hydrogen-bond donors (Lipinski definition) is 1. The molecule has 0 saturated heterocycles. The summed E-state index contributed by atoms with van der Waals surface area (Å²) in [6.45, 7) is 3.84. The highest BCUT2D eigenvalue weighted by molar-refractivity contribution is 5.72. The minimum Gasteiger partial charge on any atom is -0.479 e. The van der Waals surface area contributed by atoms with E-state index in [0.29, 0.717) is 12.2 Å². The largest absolute Gasteiger partial charge is 0.479 e. The van der Waals surface area contributed by atoms with E-state index in [2.05, 4.69) is 0 Å². The van der Waals surface area contributed by atoms with Crippen molar-refractivity contribution in [2.45, 2.75) is 32.8 Å².